The van der Waals surface area contributed by atoms with Gasteiger partial charge < -0.3 is 10.1 Å². The fraction of sp³-hybridized carbons (Fsp3) is 0.250. The van der Waals surface area contributed by atoms with Crippen LogP contribution in [0.3, 0.4) is 0 Å². The molecule has 20 heavy (non-hydrogen) atoms. The Morgan fingerprint density at radius 2 is 1.95 bits per heavy atom. The zero-order chi connectivity index (χ0) is 14.2. The molecule has 0 aliphatic carbocycles. The van der Waals surface area contributed by atoms with E-state index in [1.54, 1.807) is 6.07 Å². The standard InChI is InChI=1S/C16H18FNOS/c1-19-16-8-7-13(11-15(16)17)12-18-9-10-20-14-5-3-2-4-6-14/h2-8,11,18H,9-10,12H2,1H3. The van der Waals surface area contributed by atoms with Crippen LogP contribution in [0.4, 0.5) is 4.39 Å². The Morgan fingerprint density at radius 3 is 2.65 bits per heavy atom. The fourth-order valence-corrected chi connectivity index (χ4v) is 2.64. The second-order valence-corrected chi connectivity index (χ2v) is 5.48. The van der Waals surface area contributed by atoms with E-state index in [1.165, 1.54) is 18.1 Å². The molecule has 0 atom stereocenters. The smallest absolute Gasteiger partial charge is 0.165 e. The third-order valence-corrected chi connectivity index (χ3v) is 3.85. The average Bonchev–Trinajstić information content (AvgIpc) is 2.48. The predicted octanol–water partition coefficient (Wildman–Crippen LogP) is 3.72. The molecule has 0 radical (unpaired) electrons. The maximum Gasteiger partial charge on any atom is 0.165 e. The van der Waals surface area contributed by atoms with Crippen molar-refractivity contribution in [2.24, 2.45) is 0 Å². The summed E-state index contributed by atoms with van der Waals surface area (Å²) in [6.07, 6.45) is 0. The largest absolute Gasteiger partial charge is 0.494 e. The van der Waals surface area contributed by atoms with Gasteiger partial charge in [0.05, 0.1) is 7.11 Å². The summed E-state index contributed by atoms with van der Waals surface area (Å²) in [6, 6.07) is 15.3. The van der Waals surface area contributed by atoms with Crippen molar-refractivity contribution in [1.82, 2.24) is 5.32 Å². The fourth-order valence-electron chi connectivity index (χ4n) is 1.81. The second-order valence-electron chi connectivity index (χ2n) is 4.31. The normalized spacial score (nSPS) is 10.5. The molecule has 0 fully saturated rings. The van der Waals surface area contributed by atoms with Gasteiger partial charge in [-0.3, -0.25) is 0 Å². The summed E-state index contributed by atoms with van der Waals surface area (Å²) in [5.41, 5.74) is 0.924. The van der Waals surface area contributed by atoms with Crippen molar-refractivity contribution in [1.29, 1.82) is 0 Å². The predicted molar refractivity (Wildman–Crippen MR) is 81.8 cm³/mol. The molecule has 2 aromatic rings. The summed E-state index contributed by atoms with van der Waals surface area (Å²) >= 11 is 1.81. The Hall–Kier alpha value is -1.52. The van der Waals surface area contributed by atoms with E-state index in [-0.39, 0.29) is 11.6 Å². The van der Waals surface area contributed by atoms with E-state index in [0.29, 0.717) is 6.54 Å². The van der Waals surface area contributed by atoms with Crippen molar-refractivity contribution in [3.63, 3.8) is 0 Å². The molecule has 0 unspecified atom stereocenters. The first-order valence-corrected chi connectivity index (χ1v) is 7.49. The lowest BCUT2D eigenvalue weighted by atomic mass is 10.2. The molecule has 2 rings (SSSR count). The number of ether oxygens (including phenoxy) is 1. The Bertz CT molecular complexity index is 533. The number of hydrogen-bond donors (Lipinski definition) is 1. The van der Waals surface area contributed by atoms with Crippen molar-refractivity contribution in [2.45, 2.75) is 11.4 Å². The van der Waals surface area contributed by atoms with Gasteiger partial charge >= 0.3 is 0 Å². The van der Waals surface area contributed by atoms with Crippen molar-refractivity contribution in [3.8, 4) is 5.75 Å². The van der Waals surface area contributed by atoms with Crippen LogP contribution in [0.25, 0.3) is 0 Å². The van der Waals surface area contributed by atoms with Gasteiger partial charge in [0.15, 0.2) is 11.6 Å². The van der Waals surface area contributed by atoms with Crippen LogP contribution in [-0.2, 0) is 6.54 Å². The molecule has 0 spiro atoms. The number of nitrogens with one attached hydrogen (secondary N) is 1. The molecule has 2 nitrogen and oxygen atoms in total. The molecule has 0 saturated carbocycles. The Kier molecular flexibility index (Phi) is 5.89. The number of halogens is 1. The van der Waals surface area contributed by atoms with E-state index in [2.05, 4.69) is 17.4 Å². The Balaban J connectivity index is 1.69. The van der Waals surface area contributed by atoms with E-state index in [1.807, 2.05) is 36.0 Å². The minimum atomic E-state index is -0.314. The number of thioether (sulfide) groups is 1. The first-order valence-electron chi connectivity index (χ1n) is 6.50. The van der Waals surface area contributed by atoms with Crippen molar-refractivity contribution >= 4 is 11.8 Å². The molecular weight excluding hydrogens is 273 g/mol. The van der Waals surface area contributed by atoms with Gasteiger partial charge in [-0.1, -0.05) is 24.3 Å². The van der Waals surface area contributed by atoms with Crippen molar-refractivity contribution in [2.75, 3.05) is 19.4 Å². The lowest BCUT2D eigenvalue weighted by Gasteiger charge is -2.07. The van der Waals surface area contributed by atoms with E-state index in [4.69, 9.17) is 4.74 Å². The van der Waals surface area contributed by atoms with Crippen LogP contribution in [0.5, 0.6) is 5.75 Å². The molecule has 1 N–H and O–H groups in total. The molecule has 0 aliphatic heterocycles. The third-order valence-electron chi connectivity index (χ3n) is 2.84. The van der Waals surface area contributed by atoms with Crippen molar-refractivity contribution < 1.29 is 9.13 Å². The van der Waals surface area contributed by atoms with Gasteiger partial charge in [-0.05, 0) is 29.8 Å². The summed E-state index contributed by atoms with van der Waals surface area (Å²) in [5, 5.41) is 3.31. The molecular formula is C16H18FNOS. The minimum absolute atomic E-state index is 0.286. The summed E-state index contributed by atoms with van der Waals surface area (Å²) in [4.78, 5) is 1.27. The highest BCUT2D eigenvalue weighted by Crippen LogP contribution is 2.18. The number of benzene rings is 2. The Morgan fingerprint density at radius 1 is 1.15 bits per heavy atom. The number of hydrogen-bond acceptors (Lipinski definition) is 3. The molecule has 0 aliphatic rings. The van der Waals surface area contributed by atoms with Gasteiger partial charge in [0.1, 0.15) is 0 Å². The zero-order valence-corrected chi connectivity index (χ0v) is 12.3. The van der Waals surface area contributed by atoms with Crippen LogP contribution in [-0.4, -0.2) is 19.4 Å². The van der Waals surface area contributed by atoms with Crippen LogP contribution in [0.15, 0.2) is 53.4 Å². The van der Waals surface area contributed by atoms with Crippen molar-refractivity contribution in [3.05, 3.63) is 59.9 Å². The summed E-state index contributed by atoms with van der Waals surface area (Å²) in [5.74, 6) is 0.960. The minimum Gasteiger partial charge on any atom is -0.494 e. The number of rotatable bonds is 7. The topological polar surface area (TPSA) is 21.3 Å². The maximum absolute atomic E-state index is 13.5. The summed E-state index contributed by atoms with van der Waals surface area (Å²) < 4.78 is 18.4. The van der Waals surface area contributed by atoms with Gasteiger partial charge in [0, 0.05) is 23.7 Å². The van der Waals surface area contributed by atoms with Gasteiger partial charge in [0.2, 0.25) is 0 Å². The maximum atomic E-state index is 13.5. The van der Waals surface area contributed by atoms with E-state index < -0.39 is 0 Å². The lowest BCUT2D eigenvalue weighted by molar-refractivity contribution is 0.386. The van der Waals surface area contributed by atoms with Crippen LogP contribution < -0.4 is 10.1 Å². The monoisotopic (exact) mass is 291 g/mol. The highest BCUT2D eigenvalue weighted by atomic mass is 32.2. The van der Waals surface area contributed by atoms with E-state index in [9.17, 15) is 4.39 Å². The average molecular weight is 291 g/mol. The summed E-state index contributed by atoms with van der Waals surface area (Å²) in [6.45, 7) is 1.55. The third kappa shape index (κ3) is 4.54. The SMILES string of the molecule is COc1ccc(CNCCSc2ccccc2)cc1F. The van der Waals surface area contributed by atoms with Crippen LogP contribution in [0.2, 0.25) is 0 Å². The lowest BCUT2D eigenvalue weighted by Crippen LogP contribution is -2.16. The first-order chi connectivity index (χ1) is 9.79. The van der Waals surface area contributed by atoms with Gasteiger partial charge in [-0.15, -0.1) is 11.8 Å². The summed E-state index contributed by atoms with van der Waals surface area (Å²) in [7, 11) is 1.47. The molecule has 2 aromatic carbocycles. The highest BCUT2D eigenvalue weighted by molar-refractivity contribution is 7.99. The molecule has 106 valence electrons. The van der Waals surface area contributed by atoms with Crippen LogP contribution in [0, 0.1) is 5.82 Å². The van der Waals surface area contributed by atoms with E-state index >= 15 is 0 Å². The van der Waals surface area contributed by atoms with Gasteiger partial charge in [-0.2, -0.15) is 0 Å². The Labute approximate surface area is 123 Å². The number of methoxy groups -OCH3 is 1. The molecule has 0 aromatic heterocycles. The van der Waals surface area contributed by atoms with Gasteiger partial charge in [0.25, 0.3) is 0 Å². The highest BCUT2D eigenvalue weighted by Gasteiger charge is 2.02. The quantitative estimate of drug-likeness (QED) is 0.620. The first kappa shape index (κ1) is 14.9. The molecule has 0 amide bonds. The van der Waals surface area contributed by atoms with Gasteiger partial charge in [-0.25, -0.2) is 4.39 Å². The molecule has 0 saturated heterocycles. The van der Waals surface area contributed by atoms with Crippen LogP contribution >= 0.6 is 11.8 Å². The molecule has 0 heterocycles. The second kappa shape index (κ2) is 7.92. The van der Waals surface area contributed by atoms with Crippen LogP contribution in [0.1, 0.15) is 5.56 Å². The molecule has 4 heteroatoms. The van der Waals surface area contributed by atoms with E-state index in [0.717, 1.165) is 17.9 Å². The zero-order valence-electron chi connectivity index (χ0n) is 11.4. The molecule has 0 bridgehead atoms.